The van der Waals surface area contributed by atoms with Gasteiger partial charge in [-0.3, -0.25) is 9.59 Å². The molecule has 23 heavy (non-hydrogen) atoms. The molecular formula is C18H24Cl2O3. The molecule has 0 amide bonds. The first kappa shape index (κ1) is 20.0. The quantitative estimate of drug-likeness (QED) is 0.452. The van der Waals surface area contributed by atoms with Crippen LogP contribution >= 0.6 is 23.5 Å². The summed E-state index contributed by atoms with van der Waals surface area (Å²) in [6.45, 7) is 0. The van der Waals surface area contributed by atoms with Crippen LogP contribution in [0, 0.1) is 0 Å². The molecule has 0 radical (unpaired) electrons. The number of rotatable bonds is 12. The summed E-state index contributed by atoms with van der Waals surface area (Å²) in [6.07, 6.45) is 8.78. The summed E-state index contributed by atoms with van der Waals surface area (Å²) < 4.78 is 4.08. The van der Waals surface area contributed by atoms with Crippen LogP contribution in [-0.4, -0.2) is 11.8 Å². The van der Waals surface area contributed by atoms with E-state index in [9.17, 15) is 9.59 Å². The van der Waals surface area contributed by atoms with Gasteiger partial charge in [0.1, 0.15) is 17.6 Å². The van der Waals surface area contributed by atoms with Crippen LogP contribution in [0.4, 0.5) is 0 Å². The fourth-order valence-corrected chi connectivity index (χ4v) is 2.64. The third-order valence-corrected chi connectivity index (χ3v) is 4.16. The van der Waals surface area contributed by atoms with Gasteiger partial charge in [-0.05, 0) is 30.5 Å². The fourth-order valence-electron chi connectivity index (χ4n) is 2.43. The summed E-state index contributed by atoms with van der Waals surface area (Å²) >= 11 is 10.8. The van der Waals surface area contributed by atoms with E-state index in [4.69, 9.17) is 23.5 Å². The minimum Gasteiger partial charge on any atom is -0.348 e. The Bertz CT molecular complexity index is 472. The minimum absolute atomic E-state index is 0.284. The number of halogens is 2. The largest absolute Gasteiger partial charge is 0.348 e. The van der Waals surface area contributed by atoms with E-state index in [1.807, 2.05) is 24.3 Å². The molecule has 0 atom stereocenters. The predicted octanol–water partition coefficient (Wildman–Crippen LogP) is 5.66. The second kappa shape index (κ2) is 12.4. The van der Waals surface area contributed by atoms with Crippen molar-refractivity contribution in [1.29, 1.82) is 0 Å². The van der Waals surface area contributed by atoms with E-state index in [0.29, 0.717) is 24.3 Å². The molecule has 0 aliphatic heterocycles. The van der Waals surface area contributed by atoms with Crippen LogP contribution in [0.1, 0.15) is 63.4 Å². The Labute approximate surface area is 148 Å². The van der Waals surface area contributed by atoms with Crippen LogP contribution in [0.5, 0.6) is 0 Å². The number of benzene rings is 1. The Morgan fingerprint density at radius 2 is 1.35 bits per heavy atom. The lowest BCUT2D eigenvalue weighted by atomic mass is 10.0. The molecule has 0 N–H and O–H groups in total. The van der Waals surface area contributed by atoms with Crippen molar-refractivity contribution in [2.24, 2.45) is 0 Å². The van der Waals surface area contributed by atoms with Gasteiger partial charge in [-0.1, -0.05) is 55.8 Å². The van der Waals surface area contributed by atoms with Crippen molar-refractivity contribution < 1.29 is 13.9 Å². The van der Waals surface area contributed by atoms with Crippen LogP contribution in [0.2, 0.25) is 5.02 Å². The van der Waals surface area contributed by atoms with E-state index >= 15 is 0 Å². The molecule has 1 rings (SSSR count). The zero-order valence-electron chi connectivity index (χ0n) is 13.4. The SMILES string of the molecule is O=C(CCCCCCCCCC(=O)OCl)Cc1ccc(Cl)cc1. The standard InChI is InChI=1S/C18H24Cl2O3/c19-16-12-10-15(11-13-16)14-17(21)8-6-4-2-1-3-5-7-9-18(22)23-20/h10-13H,1-9,14H2. The molecule has 0 spiro atoms. The second-order valence-electron chi connectivity index (χ2n) is 5.77. The third-order valence-electron chi connectivity index (χ3n) is 3.74. The molecule has 128 valence electrons. The zero-order chi connectivity index (χ0) is 16.9. The van der Waals surface area contributed by atoms with Gasteiger partial charge in [-0.2, -0.15) is 0 Å². The Hall–Kier alpha value is -1.06. The Balaban J connectivity index is 1.95. The van der Waals surface area contributed by atoms with Crippen molar-refractivity contribution in [3.05, 3.63) is 34.9 Å². The van der Waals surface area contributed by atoms with E-state index in [2.05, 4.69) is 4.29 Å². The van der Waals surface area contributed by atoms with Gasteiger partial charge < -0.3 is 4.29 Å². The van der Waals surface area contributed by atoms with Gasteiger partial charge in [0.05, 0.1) is 0 Å². The smallest absolute Gasteiger partial charge is 0.324 e. The fraction of sp³-hybridized carbons (Fsp3) is 0.556. The van der Waals surface area contributed by atoms with Crippen LogP contribution in [0.25, 0.3) is 0 Å². The molecule has 0 aromatic heterocycles. The second-order valence-corrected chi connectivity index (χ2v) is 6.36. The number of Topliss-reactive ketones (excluding diaryl/α,β-unsaturated/α-hetero) is 1. The maximum absolute atomic E-state index is 11.9. The highest BCUT2D eigenvalue weighted by atomic mass is 35.5. The number of hydrogen-bond acceptors (Lipinski definition) is 3. The van der Waals surface area contributed by atoms with Crippen molar-refractivity contribution >= 4 is 35.2 Å². The molecule has 5 heteroatoms. The van der Waals surface area contributed by atoms with Crippen molar-refractivity contribution in [2.45, 2.75) is 64.2 Å². The molecule has 0 fully saturated rings. The number of carbonyl (C=O) groups excluding carboxylic acids is 2. The summed E-state index contributed by atoms with van der Waals surface area (Å²) in [6, 6.07) is 7.44. The molecule has 0 saturated carbocycles. The van der Waals surface area contributed by atoms with E-state index in [0.717, 1.165) is 50.5 Å². The van der Waals surface area contributed by atoms with Crippen LogP contribution < -0.4 is 0 Å². The highest BCUT2D eigenvalue weighted by Gasteiger charge is 2.04. The molecule has 0 saturated heterocycles. The highest BCUT2D eigenvalue weighted by molar-refractivity contribution is 6.30. The molecule has 3 nitrogen and oxygen atoms in total. The van der Waals surface area contributed by atoms with Crippen LogP contribution in [0.15, 0.2) is 24.3 Å². The monoisotopic (exact) mass is 358 g/mol. The lowest BCUT2D eigenvalue weighted by Gasteiger charge is -2.03. The molecular weight excluding hydrogens is 335 g/mol. The van der Waals surface area contributed by atoms with E-state index in [1.165, 1.54) is 0 Å². The molecule has 0 bridgehead atoms. The highest BCUT2D eigenvalue weighted by Crippen LogP contribution is 2.13. The van der Waals surface area contributed by atoms with Gasteiger partial charge in [0, 0.05) is 24.3 Å². The first-order valence-electron chi connectivity index (χ1n) is 8.19. The van der Waals surface area contributed by atoms with Crippen molar-refractivity contribution in [3.63, 3.8) is 0 Å². The molecule has 0 aliphatic carbocycles. The van der Waals surface area contributed by atoms with Crippen LogP contribution in [0.3, 0.4) is 0 Å². The van der Waals surface area contributed by atoms with Crippen molar-refractivity contribution in [1.82, 2.24) is 0 Å². The summed E-state index contributed by atoms with van der Waals surface area (Å²) in [5, 5.41) is 0.695. The maximum Gasteiger partial charge on any atom is 0.324 e. The third kappa shape index (κ3) is 10.4. The molecule has 0 unspecified atom stereocenters. The Morgan fingerprint density at radius 3 is 1.91 bits per heavy atom. The molecule has 1 aromatic carbocycles. The van der Waals surface area contributed by atoms with Gasteiger partial charge >= 0.3 is 5.97 Å². The number of carbonyl (C=O) groups is 2. The summed E-state index contributed by atoms with van der Waals surface area (Å²) in [4.78, 5) is 22.7. The average molecular weight is 359 g/mol. The minimum atomic E-state index is -0.356. The average Bonchev–Trinajstić information content (AvgIpc) is 2.55. The van der Waals surface area contributed by atoms with Gasteiger partial charge in [-0.15, -0.1) is 0 Å². The van der Waals surface area contributed by atoms with Crippen molar-refractivity contribution in [3.8, 4) is 0 Å². The maximum atomic E-state index is 11.9. The number of ketones is 1. The molecule has 0 aliphatic rings. The van der Waals surface area contributed by atoms with Gasteiger partial charge in [0.15, 0.2) is 0 Å². The lowest BCUT2D eigenvalue weighted by molar-refractivity contribution is -0.134. The topological polar surface area (TPSA) is 43.4 Å². The summed E-state index contributed by atoms with van der Waals surface area (Å²) in [5.41, 5.74) is 1.02. The van der Waals surface area contributed by atoms with Crippen LogP contribution in [-0.2, 0) is 20.3 Å². The summed E-state index contributed by atoms with van der Waals surface area (Å²) in [5.74, 6) is -0.0715. The van der Waals surface area contributed by atoms with Gasteiger partial charge in [0.2, 0.25) is 0 Å². The number of hydrogen-bond donors (Lipinski definition) is 0. The predicted molar refractivity (Wildman–Crippen MR) is 93.7 cm³/mol. The van der Waals surface area contributed by atoms with E-state index < -0.39 is 0 Å². The Kier molecular flexibility index (Phi) is 10.8. The Morgan fingerprint density at radius 1 is 0.826 bits per heavy atom. The van der Waals surface area contributed by atoms with Gasteiger partial charge in [-0.25, -0.2) is 0 Å². The van der Waals surface area contributed by atoms with Crippen molar-refractivity contribution in [2.75, 3.05) is 0 Å². The van der Waals surface area contributed by atoms with E-state index in [1.54, 1.807) is 0 Å². The number of unbranched alkanes of at least 4 members (excludes halogenated alkanes) is 6. The van der Waals surface area contributed by atoms with Gasteiger partial charge in [0.25, 0.3) is 0 Å². The first-order valence-corrected chi connectivity index (χ1v) is 8.88. The van der Waals surface area contributed by atoms with E-state index in [-0.39, 0.29) is 11.8 Å². The summed E-state index contributed by atoms with van der Waals surface area (Å²) in [7, 11) is 0. The molecule has 0 heterocycles. The zero-order valence-corrected chi connectivity index (χ0v) is 14.9. The lowest BCUT2D eigenvalue weighted by Crippen LogP contribution is -2.02. The first-order chi connectivity index (χ1) is 11.1. The normalized spacial score (nSPS) is 10.5. The molecule has 1 aromatic rings.